The minimum atomic E-state index is -0.0299. The maximum atomic E-state index is 11.0. The average Bonchev–Trinajstić information content (AvgIpc) is 2.12. The van der Waals surface area contributed by atoms with E-state index >= 15 is 0 Å². The summed E-state index contributed by atoms with van der Waals surface area (Å²) < 4.78 is 0. The number of hydrogen-bond acceptors (Lipinski definition) is 3. The zero-order chi connectivity index (χ0) is 10.9. The van der Waals surface area contributed by atoms with Crippen LogP contribution in [-0.2, 0) is 4.79 Å². The van der Waals surface area contributed by atoms with Crippen molar-refractivity contribution in [3.63, 3.8) is 0 Å². The van der Waals surface area contributed by atoms with Gasteiger partial charge in [0.25, 0.3) is 0 Å². The fourth-order valence-corrected chi connectivity index (χ4v) is 3.16. The molecule has 0 aliphatic heterocycles. The lowest BCUT2D eigenvalue weighted by Gasteiger charge is -2.58. The number of nitrogens with one attached hydrogen (secondary N) is 2. The average molecular weight is 211 g/mol. The van der Waals surface area contributed by atoms with E-state index in [0.717, 1.165) is 12.6 Å². The fourth-order valence-electron chi connectivity index (χ4n) is 3.16. The first-order valence-corrected chi connectivity index (χ1v) is 5.81. The number of carbonyl (C=O) groups is 1. The van der Waals surface area contributed by atoms with E-state index in [4.69, 9.17) is 5.73 Å². The van der Waals surface area contributed by atoms with Crippen molar-refractivity contribution >= 4 is 5.91 Å². The van der Waals surface area contributed by atoms with Crippen molar-refractivity contribution in [2.24, 2.45) is 17.1 Å². The Hall–Kier alpha value is -0.610. The minimum absolute atomic E-state index is 0.0299. The number of carbonyl (C=O) groups excluding carboxylic acids is 1. The highest BCUT2D eigenvalue weighted by Gasteiger charge is 2.51. The molecular formula is C11H21N3O. The lowest BCUT2D eigenvalue weighted by molar-refractivity contribution is -0.121. The third kappa shape index (κ3) is 2.16. The molecule has 15 heavy (non-hydrogen) atoms. The Balaban J connectivity index is 1.61. The van der Waals surface area contributed by atoms with Crippen LogP contribution >= 0.6 is 0 Å². The third-order valence-corrected chi connectivity index (χ3v) is 3.98. The summed E-state index contributed by atoms with van der Waals surface area (Å²) in [5.41, 5.74) is 5.86. The van der Waals surface area contributed by atoms with E-state index in [9.17, 15) is 4.79 Å². The molecule has 2 aliphatic carbocycles. The molecule has 0 aromatic heterocycles. The van der Waals surface area contributed by atoms with E-state index in [1.165, 1.54) is 25.7 Å². The SMILES string of the molecule is CNC1CC2(CC(CNC(=O)CN)C2)C1. The summed E-state index contributed by atoms with van der Waals surface area (Å²) in [5.74, 6) is 0.663. The van der Waals surface area contributed by atoms with E-state index in [1.54, 1.807) is 0 Å². The largest absolute Gasteiger partial charge is 0.355 e. The maximum absolute atomic E-state index is 11.0. The molecule has 4 N–H and O–H groups in total. The molecule has 0 heterocycles. The highest BCUT2D eigenvalue weighted by molar-refractivity contribution is 5.77. The summed E-state index contributed by atoms with van der Waals surface area (Å²) in [5, 5.41) is 6.18. The summed E-state index contributed by atoms with van der Waals surface area (Å²) in [6.45, 7) is 0.932. The molecule has 0 aromatic rings. The van der Waals surface area contributed by atoms with Crippen LogP contribution in [0, 0.1) is 11.3 Å². The molecular weight excluding hydrogens is 190 g/mol. The van der Waals surface area contributed by atoms with Crippen molar-refractivity contribution in [1.29, 1.82) is 0 Å². The van der Waals surface area contributed by atoms with Gasteiger partial charge in [-0.2, -0.15) is 0 Å². The molecule has 0 aromatic carbocycles. The Kier molecular flexibility index (Phi) is 2.98. The standard InChI is InChI=1S/C11H21N3O/c1-13-9-4-11(5-9)2-8(3-11)7-14-10(15)6-12/h8-9,13H,2-7,12H2,1H3,(H,14,15). The summed E-state index contributed by atoms with van der Waals surface area (Å²) in [6.07, 6.45) is 5.22. The molecule has 0 unspecified atom stereocenters. The normalized spacial score (nSPS) is 38.3. The van der Waals surface area contributed by atoms with Gasteiger partial charge in [-0.1, -0.05) is 0 Å². The predicted molar refractivity (Wildman–Crippen MR) is 59.3 cm³/mol. The first kappa shape index (κ1) is 10.9. The molecule has 0 atom stereocenters. The zero-order valence-corrected chi connectivity index (χ0v) is 9.38. The van der Waals surface area contributed by atoms with E-state index < -0.39 is 0 Å². The van der Waals surface area contributed by atoms with Crippen LogP contribution in [0.3, 0.4) is 0 Å². The molecule has 86 valence electrons. The van der Waals surface area contributed by atoms with E-state index in [1.807, 2.05) is 7.05 Å². The van der Waals surface area contributed by atoms with Crippen molar-refractivity contribution in [3.05, 3.63) is 0 Å². The lowest BCUT2D eigenvalue weighted by Crippen LogP contribution is -2.56. The number of nitrogens with two attached hydrogens (primary N) is 1. The van der Waals surface area contributed by atoms with Crippen molar-refractivity contribution in [2.75, 3.05) is 20.1 Å². The quantitative estimate of drug-likeness (QED) is 0.605. The first-order chi connectivity index (χ1) is 7.17. The molecule has 2 rings (SSSR count). The van der Waals surface area contributed by atoms with Gasteiger partial charge in [0.2, 0.25) is 5.91 Å². The minimum Gasteiger partial charge on any atom is -0.355 e. The third-order valence-electron chi connectivity index (χ3n) is 3.98. The molecule has 2 saturated carbocycles. The Morgan fingerprint density at radius 3 is 2.60 bits per heavy atom. The monoisotopic (exact) mass is 211 g/mol. The lowest BCUT2D eigenvalue weighted by atomic mass is 9.50. The van der Waals surface area contributed by atoms with Crippen molar-refractivity contribution in [3.8, 4) is 0 Å². The highest BCUT2D eigenvalue weighted by Crippen LogP contribution is 2.58. The van der Waals surface area contributed by atoms with Gasteiger partial charge < -0.3 is 16.4 Å². The second-order valence-corrected chi connectivity index (χ2v) is 5.18. The molecule has 4 nitrogen and oxygen atoms in total. The van der Waals surface area contributed by atoms with Crippen LogP contribution in [0.1, 0.15) is 25.7 Å². The van der Waals surface area contributed by atoms with Crippen LogP contribution in [0.2, 0.25) is 0 Å². The first-order valence-electron chi connectivity index (χ1n) is 5.81. The van der Waals surface area contributed by atoms with Crippen LogP contribution in [0.25, 0.3) is 0 Å². The number of amides is 1. The topological polar surface area (TPSA) is 67.1 Å². The molecule has 2 fully saturated rings. The number of rotatable bonds is 4. The molecule has 4 heteroatoms. The van der Waals surface area contributed by atoms with Crippen molar-refractivity contribution < 1.29 is 4.79 Å². The summed E-state index contributed by atoms with van der Waals surface area (Å²) in [6, 6.07) is 0.740. The van der Waals surface area contributed by atoms with Gasteiger partial charge in [0.1, 0.15) is 0 Å². The van der Waals surface area contributed by atoms with E-state index in [-0.39, 0.29) is 12.5 Å². The van der Waals surface area contributed by atoms with Gasteiger partial charge in [0.05, 0.1) is 6.54 Å². The summed E-state index contributed by atoms with van der Waals surface area (Å²) in [4.78, 5) is 11.0. The van der Waals surface area contributed by atoms with Crippen LogP contribution in [-0.4, -0.2) is 32.1 Å². The van der Waals surface area contributed by atoms with E-state index in [0.29, 0.717) is 11.3 Å². The van der Waals surface area contributed by atoms with E-state index in [2.05, 4.69) is 10.6 Å². The summed E-state index contributed by atoms with van der Waals surface area (Å²) >= 11 is 0. The van der Waals surface area contributed by atoms with Gasteiger partial charge in [0, 0.05) is 12.6 Å². The predicted octanol–water partition coefficient (Wildman–Crippen LogP) is -0.160. The van der Waals surface area contributed by atoms with Gasteiger partial charge >= 0.3 is 0 Å². The van der Waals surface area contributed by atoms with Gasteiger partial charge in [0.15, 0.2) is 0 Å². The molecule has 1 spiro atoms. The van der Waals surface area contributed by atoms with Crippen molar-refractivity contribution in [2.45, 2.75) is 31.7 Å². The second kappa shape index (κ2) is 4.10. The number of hydrogen-bond donors (Lipinski definition) is 3. The molecule has 0 saturated heterocycles. The van der Waals surface area contributed by atoms with Crippen LogP contribution < -0.4 is 16.4 Å². The molecule has 2 aliphatic rings. The Bertz CT molecular complexity index is 240. The van der Waals surface area contributed by atoms with Crippen LogP contribution in [0.4, 0.5) is 0 Å². The fraction of sp³-hybridized carbons (Fsp3) is 0.909. The molecule has 0 radical (unpaired) electrons. The smallest absolute Gasteiger partial charge is 0.233 e. The van der Waals surface area contributed by atoms with Gasteiger partial charge in [-0.05, 0) is 44.1 Å². The van der Waals surface area contributed by atoms with Crippen LogP contribution in [0.15, 0.2) is 0 Å². The van der Waals surface area contributed by atoms with Gasteiger partial charge in [-0.25, -0.2) is 0 Å². The summed E-state index contributed by atoms with van der Waals surface area (Å²) in [7, 11) is 2.04. The molecule has 1 amide bonds. The maximum Gasteiger partial charge on any atom is 0.233 e. The Morgan fingerprint density at radius 1 is 1.40 bits per heavy atom. The van der Waals surface area contributed by atoms with Crippen molar-refractivity contribution in [1.82, 2.24) is 10.6 Å². The Morgan fingerprint density at radius 2 is 2.07 bits per heavy atom. The van der Waals surface area contributed by atoms with Gasteiger partial charge in [-0.15, -0.1) is 0 Å². The molecule has 0 bridgehead atoms. The second-order valence-electron chi connectivity index (χ2n) is 5.18. The Labute approximate surface area is 91.0 Å². The van der Waals surface area contributed by atoms with Gasteiger partial charge in [-0.3, -0.25) is 4.79 Å². The van der Waals surface area contributed by atoms with Crippen LogP contribution in [0.5, 0.6) is 0 Å². The zero-order valence-electron chi connectivity index (χ0n) is 9.38. The highest BCUT2D eigenvalue weighted by atomic mass is 16.1.